The van der Waals surface area contributed by atoms with Gasteiger partial charge in [-0.25, -0.2) is 4.79 Å². The number of amides is 5. The number of carbonyl (C=O) groups excluding carboxylic acids is 5. The van der Waals surface area contributed by atoms with Crippen LogP contribution in [0.5, 0.6) is 0 Å². The van der Waals surface area contributed by atoms with E-state index in [9.17, 15) is 24.0 Å². The van der Waals surface area contributed by atoms with Gasteiger partial charge in [0, 0.05) is 50.7 Å². The molecule has 11 heteroatoms. The van der Waals surface area contributed by atoms with Gasteiger partial charge < -0.3 is 19.1 Å². The number of benzene rings is 1. The standard InChI is InChI=1S/C25H29N5O6/c1-25(2,3)36-24(35)29-11-9-28(10-12-29)14-5-6-15-17(13-14)27(4)20-19(15)22(33)30(23(20)34)16-7-8-18(31)26-21(16)32/h5-6,13,16H,7-12H2,1-4H3,(H,26,31,32). The maximum Gasteiger partial charge on any atom is 0.410 e. The zero-order chi connectivity index (χ0) is 25.9. The van der Waals surface area contributed by atoms with Crippen LogP contribution in [-0.2, 0) is 21.4 Å². The highest BCUT2D eigenvalue weighted by atomic mass is 16.6. The summed E-state index contributed by atoms with van der Waals surface area (Å²) in [5, 5.41) is 2.85. The molecule has 3 aliphatic heterocycles. The van der Waals surface area contributed by atoms with Crippen LogP contribution in [0.15, 0.2) is 18.2 Å². The Morgan fingerprint density at radius 1 is 1.03 bits per heavy atom. The van der Waals surface area contributed by atoms with Gasteiger partial charge in [0.15, 0.2) is 0 Å². The van der Waals surface area contributed by atoms with Crippen LogP contribution < -0.4 is 10.2 Å². The number of aryl methyl sites for hydroxylation is 1. The Kier molecular flexibility index (Phi) is 5.53. The van der Waals surface area contributed by atoms with Gasteiger partial charge >= 0.3 is 6.09 Å². The van der Waals surface area contributed by atoms with Crippen molar-refractivity contribution in [1.82, 2.24) is 19.7 Å². The van der Waals surface area contributed by atoms with E-state index >= 15 is 0 Å². The summed E-state index contributed by atoms with van der Waals surface area (Å²) in [5.41, 5.74) is 1.63. The second-order valence-electron chi connectivity index (χ2n) is 10.4. The van der Waals surface area contributed by atoms with Crippen molar-refractivity contribution >= 4 is 46.3 Å². The molecule has 4 heterocycles. The molecule has 0 bridgehead atoms. The summed E-state index contributed by atoms with van der Waals surface area (Å²) < 4.78 is 7.16. The highest BCUT2D eigenvalue weighted by molar-refractivity contribution is 6.28. The number of ether oxygens (including phenoxy) is 1. The van der Waals surface area contributed by atoms with Gasteiger partial charge in [-0.05, 0) is 45.4 Å². The maximum atomic E-state index is 13.3. The number of anilines is 1. The van der Waals surface area contributed by atoms with E-state index in [2.05, 4.69) is 10.2 Å². The molecule has 2 saturated heterocycles. The molecule has 0 radical (unpaired) electrons. The predicted molar refractivity (Wildman–Crippen MR) is 130 cm³/mol. The largest absolute Gasteiger partial charge is 0.444 e. The monoisotopic (exact) mass is 495 g/mol. The van der Waals surface area contributed by atoms with Crippen LogP contribution in [0.25, 0.3) is 10.9 Å². The highest BCUT2D eigenvalue weighted by Crippen LogP contribution is 2.36. The number of fused-ring (bicyclic) bond motifs is 3. The van der Waals surface area contributed by atoms with E-state index in [-0.39, 0.29) is 30.2 Å². The third kappa shape index (κ3) is 3.88. The molecule has 0 spiro atoms. The molecule has 1 aromatic carbocycles. The number of carbonyl (C=O) groups is 5. The van der Waals surface area contributed by atoms with E-state index < -0.39 is 35.3 Å². The Bertz CT molecular complexity index is 1310. The highest BCUT2D eigenvalue weighted by Gasteiger charge is 2.47. The first kappa shape index (κ1) is 23.8. The van der Waals surface area contributed by atoms with Crippen LogP contribution in [0.1, 0.15) is 54.5 Å². The normalized spacial score (nSPS) is 20.8. The van der Waals surface area contributed by atoms with Gasteiger partial charge in [0.2, 0.25) is 11.8 Å². The van der Waals surface area contributed by atoms with Crippen molar-refractivity contribution in [3.63, 3.8) is 0 Å². The molecule has 190 valence electrons. The van der Waals surface area contributed by atoms with E-state index in [1.54, 1.807) is 16.5 Å². The number of hydrogen-bond donors (Lipinski definition) is 1. The summed E-state index contributed by atoms with van der Waals surface area (Å²) in [4.78, 5) is 67.6. The summed E-state index contributed by atoms with van der Waals surface area (Å²) in [6, 6.07) is 4.67. The van der Waals surface area contributed by atoms with Crippen LogP contribution in [0.3, 0.4) is 0 Å². The molecule has 2 aromatic rings. The van der Waals surface area contributed by atoms with Gasteiger partial charge in [-0.1, -0.05) is 0 Å². The fraction of sp³-hybridized carbons (Fsp3) is 0.480. The fourth-order valence-electron chi connectivity index (χ4n) is 5.10. The topological polar surface area (TPSA) is 121 Å². The Labute approximate surface area is 207 Å². The molecule has 5 rings (SSSR count). The van der Waals surface area contributed by atoms with Gasteiger partial charge in [0.1, 0.15) is 17.3 Å². The summed E-state index contributed by atoms with van der Waals surface area (Å²) >= 11 is 0. The van der Waals surface area contributed by atoms with Crippen molar-refractivity contribution in [3.8, 4) is 0 Å². The average Bonchev–Trinajstić information content (AvgIpc) is 3.25. The van der Waals surface area contributed by atoms with E-state index in [1.807, 2.05) is 39.0 Å². The summed E-state index contributed by atoms with van der Waals surface area (Å²) in [5.74, 6) is -2.08. The maximum absolute atomic E-state index is 13.3. The van der Waals surface area contributed by atoms with Crippen LogP contribution in [0.4, 0.5) is 10.5 Å². The van der Waals surface area contributed by atoms with Gasteiger partial charge in [-0.15, -0.1) is 0 Å². The predicted octanol–water partition coefficient (Wildman–Crippen LogP) is 1.64. The molecule has 5 amide bonds. The van der Waals surface area contributed by atoms with Crippen LogP contribution in [0.2, 0.25) is 0 Å². The molecule has 1 aromatic heterocycles. The quantitative estimate of drug-likeness (QED) is 0.629. The molecule has 36 heavy (non-hydrogen) atoms. The summed E-state index contributed by atoms with van der Waals surface area (Å²) in [7, 11) is 1.73. The number of imide groups is 2. The molecular formula is C25H29N5O6. The van der Waals surface area contributed by atoms with E-state index in [4.69, 9.17) is 4.74 Å². The number of nitrogens with one attached hydrogen (secondary N) is 1. The lowest BCUT2D eigenvalue weighted by atomic mass is 10.0. The number of piperazine rings is 1. The zero-order valence-corrected chi connectivity index (χ0v) is 20.8. The van der Waals surface area contributed by atoms with Crippen LogP contribution in [-0.4, -0.2) is 81.9 Å². The van der Waals surface area contributed by atoms with Gasteiger partial charge in [0.05, 0.1) is 11.1 Å². The second kappa shape index (κ2) is 8.35. The van der Waals surface area contributed by atoms with Crippen molar-refractivity contribution in [2.24, 2.45) is 7.05 Å². The minimum Gasteiger partial charge on any atom is -0.444 e. The number of nitrogens with zero attached hydrogens (tertiary/aromatic N) is 4. The first-order chi connectivity index (χ1) is 17.0. The smallest absolute Gasteiger partial charge is 0.410 e. The average molecular weight is 496 g/mol. The van der Waals surface area contributed by atoms with Gasteiger partial charge in [-0.3, -0.25) is 29.4 Å². The van der Waals surface area contributed by atoms with E-state index in [0.29, 0.717) is 31.6 Å². The van der Waals surface area contributed by atoms with Crippen LogP contribution in [0, 0.1) is 0 Å². The first-order valence-electron chi connectivity index (χ1n) is 12.0. The van der Waals surface area contributed by atoms with Crippen LogP contribution >= 0.6 is 0 Å². The van der Waals surface area contributed by atoms with Crippen molar-refractivity contribution in [1.29, 1.82) is 0 Å². The Balaban J connectivity index is 1.37. The summed E-state index contributed by atoms with van der Waals surface area (Å²) in [6.45, 7) is 7.81. The van der Waals surface area contributed by atoms with E-state index in [1.165, 1.54) is 0 Å². The molecule has 0 saturated carbocycles. The fourth-order valence-corrected chi connectivity index (χ4v) is 5.10. The molecule has 2 fully saturated rings. The molecule has 0 aliphatic carbocycles. The SMILES string of the molecule is Cn1c2c(c3ccc(N4CCN(C(=O)OC(C)(C)C)CC4)cc31)C(=O)N(C1CCC(=O)NC1=O)C2=O. The third-order valence-corrected chi connectivity index (χ3v) is 6.86. The zero-order valence-electron chi connectivity index (χ0n) is 20.8. The number of piperidine rings is 1. The molecule has 11 nitrogen and oxygen atoms in total. The molecule has 1 unspecified atom stereocenters. The second-order valence-corrected chi connectivity index (χ2v) is 10.4. The van der Waals surface area contributed by atoms with E-state index in [0.717, 1.165) is 16.1 Å². The Hall–Kier alpha value is -3.89. The lowest BCUT2D eigenvalue weighted by molar-refractivity contribution is -0.136. The molecule has 1 atom stereocenters. The number of hydrogen-bond acceptors (Lipinski definition) is 7. The van der Waals surface area contributed by atoms with Crippen molar-refractivity contribution in [2.75, 3.05) is 31.1 Å². The first-order valence-corrected chi connectivity index (χ1v) is 12.0. The van der Waals surface area contributed by atoms with Crippen molar-refractivity contribution in [2.45, 2.75) is 45.3 Å². The molecular weight excluding hydrogens is 466 g/mol. The minimum atomic E-state index is -0.995. The Morgan fingerprint density at radius 3 is 2.36 bits per heavy atom. The Morgan fingerprint density at radius 2 is 1.72 bits per heavy atom. The third-order valence-electron chi connectivity index (χ3n) is 6.86. The van der Waals surface area contributed by atoms with Gasteiger partial charge in [0.25, 0.3) is 11.8 Å². The van der Waals surface area contributed by atoms with Crippen molar-refractivity contribution < 1.29 is 28.7 Å². The summed E-state index contributed by atoms with van der Waals surface area (Å²) in [6.07, 6.45) is -0.128. The molecule has 3 aliphatic rings. The minimum absolute atomic E-state index is 0.0785. The molecule has 1 N–H and O–H groups in total. The van der Waals surface area contributed by atoms with Crippen molar-refractivity contribution in [3.05, 3.63) is 29.5 Å². The van der Waals surface area contributed by atoms with Gasteiger partial charge in [-0.2, -0.15) is 0 Å². The lowest BCUT2D eigenvalue weighted by Gasteiger charge is -2.36. The number of aromatic nitrogens is 1. The number of rotatable bonds is 2. The lowest BCUT2D eigenvalue weighted by Crippen LogP contribution is -2.54.